The predicted octanol–water partition coefficient (Wildman–Crippen LogP) is 12.8. The molecule has 6 aromatic carbocycles. The van der Waals surface area contributed by atoms with Crippen molar-refractivity contribution >= 4 is 0 Å². The first-order valence-electron chi connectivity index (χ1n) is 16.1. The number of allylic oxidation sites excluding steroid dienone is 4. The summed E-state index contributed by atoms with van der Waals surface area (Å²) in [5.74, 6) is 0.0350. The van der Waals surface area contributed by atoms with E-state index in [0.29, 0.717) is 0 Å². The van der Waals surface area contributed by atoms with Gasteiger partial charge in [-0.05, 0) is 74.0 Å². The van der Waals surface area contributed by atoms with E-state index in [-0.39, 0.29) is 5.92 Å². The van der Waals surface area contributed by atoms with Crippen molar-refractivity contribution in [3.8, 4) is 44.5 Å². The van der Waals surface area contributed by atoms with Crippen LogP contribution in [0.3, 0.4) is 0 Å². The van der Waals surface area contributed by atoms with Gasteiger partial charge in [0.1, 0.15) is 0 Å². The Kier molecular flexibility index (Phi) is 9.63. The van der Waals surface area contributed by atoms with Crippen LogP contribution >= 0.6 is 0 Å². The van der Waals surface area contributed by atoms with Gasteiger partial charge in [-0.1, -0.05) is 190 Å². The third-order valence-corrected chi connectivity index (χ3v) is 8.47. The minimum atomic E-state index is 0.0350. The first-order chi connectivity index (χ1) is 22.3. The molecule has 0 unspecified atom stereocenters. The highest BCUT2D eigenvalue weighted by molar-refractivity contribution is 5.88. The van der Waals surface area contributed by atoms with Gasteiger partial charge in [0.15, 0.2) is 0 Å². The monoisotopic (exact) mass is 580 g/mol. The van der Waals surface area contributed by atoms with E-state index >= 15 is 0 Å². The van der Waals surface area contributed by atoms with Gasteiger partial charge in [-0.15, -0.1) is 0 Å². The minimum absolute atomic E-state index is 0.0350. The molecule has 6 rings (SSSR count). The molecule has 0 nitrogen and oxygen atoms in total. The summed E-state index contributed by atoms with van der Waals surface area (Å²) in [5.41, 5.74) is 13.9. The van der Waals surface area contributed by atoms with Gasteiger partial charge in [0.05, 0.1) is 0 Å². The first kappa shape index (κ1) is 29.9. The van der Waals surface area contributed by atoms with Gasteiger partial charge in [-0.3, -0.25) is 0 Å². The molecule has 0 spiro atoms. The maximum Gasteiger partial charge on any atom is 0.0349 e. The van der Waals surface area contributed by atoms with Crippen molar-refractivity contribution in [2.75, 3.05) is 0 Å². The molecular formula is C45H40. The van der Waals surface area contributed by atoms with Crippen molar-refractivity contribution in [1.29, 1.82) is 0 Å². The number of hydrogen-bond acceptors (Lipinski definition) is 0. The molecule has 0 radical (unpaired) electrons. The van der Waals surface area contributed by atoms with E-state index in [1.54, 1.807) is 0 Å². The van der Waals surface area contributed by atoms with Crippen LogP contribution in [0.5, 0.6) is 0 Å². The SMILES string of the molecule is CCC=CC(=CCC)C(c1ccccc1-c1ccccc1-c1ccccc1)c1ccccc1-c1ccccc1-c1ccccc1. The molecule has 0 fully saturated rings. The standard InChI is InChI=1S/C45H40/c1-3-5-21-36(20-4-2)45(43-32-18-16-30-41(43)39-28-14-12-26-37(39)34-22-8-6-9-23-34)44-33-19-17-31-42(44)40-29-15-13-27-38(40)35-24-10-7-11-25-35/h5-33,45H,3-4H2,1-2H3. The zero-order valence-corrected chi connectivity index (χ0v) is 26.2. The van der Waals surface area contributed by atoms with Gasteiger partial charge in [-0.2, -0.15) is 0 Å². The summed E-state index contributed by atoms with van der Waals surface area (Å²) in [5, 5.41) is 0. The van der Waals surface area contributed by atoms with E-state index in [2.05, 4.69) is 190 Å². The lowest BCUT2D eigenvalue weighted by atomic mass is 9.76. The quantitative estimate of drug-likeness (QED) is 0.141. The maximum absolute atomic E-state index is 2.41. The van der Waals surface area contributed by atoms with Crippen LogP contribution in [0.2, 0.25) is 0 Å². The molecule has 6 aromatic rings. The molecule has 0 aliphatic carbocycles. The summed E-state index contributed by atoms with van der Waals surface area (Å²) in [6.45, 7) is 4.45. The van der Waals surface area contributed by atoms with Crippen LogP contribution in [0.25, 0.3) is 44.5 Å². The molecule has 0 atom stereocenters. The first-order valence-corrected chi connectivity index (χ1v) is 16.1. The smallest absolute Gasteiger partial charge is 0.0349 e. The van der Waals surface area contributed by atoms with Crippen molar-refractivity contribution in [3.63, 3.8) is 0 Å². The molecule has 0 saturated heterocycles. The van der Waals surface area contributed by atoms with E-state index in [1.807, 2.05) is 0 Å². The average Bonchev–Trinajstić information content (AvgIpc) is 3.12. The van der Waals surface area contributed by atoms with E-state index in [9.17, 15) is 0 Å². The van der Waals surface area contributed by atoms with Crippen LogP contribution in [0.4, 0.5) is 0 Å². The highest BCUT2D eigenvalue weighted by atomic mass is 14.3. The van der Waals surface area contributed by atoms with E-state index < -0.39 is 0 Å². The second-order valence-electron chi connectivity index (χ2n) is 11.4. The zero-order chi connectivity index (χ0) is 30.8. The molecule has 0 saturated carbocycles. The molecule has 0 N–H and O–H groups in total. The fourth-order valence-electron chi connectivity index (χ4n) is 6.46. The fraction of sp³-hybridized carbons (Fsp3) is 0.111. The van der Waals surface area contributed by atoms with E-state index in [1.165, 1.54) is 61.2 Å². The molecule has 0 aromatic heterocycles. The largest absolute Gasteiger partial charge is 0.0845 e. The summed E-state index contributed by atoms with van der Waals surface area (Å²) < 4.78 is 0. The van der Waals surface area contributed by atoms with Crippen LogP contribution < -0.4 is 0 Å². The second kappa shape index (κ2) is 14.5. The Morgan fingerprint density at radius 3 is 1.22 bits per heavy atom. The molecule has 45 heavy (non-hydrogen) atoms. The maximum atomic E-state index is 2.41. The Morgan fingerprint density at radius 2 is 0.800 bits per heavy atom. The molecule has 220 valence electrons. The Hall–Kier alpha value is -5.20. The van der Waals surface area contributed by atoms with Crippen molar-refractivity contribution in [2.45, 2.75) is 32.6 Å². The van der Waals surface area contributed by atoms with E-state index in [4.69, 9.17) is 0 Å². The minimum Gasteiger partial charge on any atom is -0.0845 e. The molecule has 0 heteroatoms. The zero-order valence-electron chi connectivity index (χ0n) is 26.2. The Morgan fingerprint density at radius 1 is 0.422 bits per heavy atom. The summed E-state index contributed by atoms with van der Waals surface area (Å²) in [6.07, 6.45) is 9.02. The van der Waals surface area contributed by atoms with Crippen molar-refractivity contribution in [2.24, 2.45) is 0 Å². The lowest BCUT2D eigenvalue weighted by Crippen LogP contribution is -2.08. The third kappa shape index (κ3) is 6.52. The number of rotatable bonds is 10. The molecule has 0 amide bonds. The van der Waals surface area contributed by atoms with Crippen LogP contribution in [0.1, 0.15) is 43.7 Å². The van der Waals surface area contributed by atoms with Crippen molar-refractivity contribution < 1.29 is 0 Å². The predicted molar refractivity (Wildman–Crippen MR) is 194 cm³/mol. The summed E-state index contributed by atoms with van der Waals surface area (Å²) in [6, 6.07) is 57.2. The molecular weight excluding hydrogens is 540 g/mol. The van der Waals surface area contributed by atoms with Crippen molar-refractivity contribution in [3.05, 3.63) is 193 Å². The van der Waals surface area contributed by atoms with E-state index in [0.717, 1.165) is 12.8 Å². The van der Waals surface area contributed by atoms with Gasteiger partial charge >= 0.3 is 0 Å². The molecule has 0 heterocycles. The molecule has 0 bridgehead atoms. The topological polar surface area (TPSA) is 0 Å². The average molecular weight is 581 g/mol. The second-order valence-corrected chi connectivity index (χ2v) is 11.4. The Labute approximate surface area is 269 Å². The van der Waals surface area contributed by atoms with Crippen LogP contribution in [0, 0.1) is 0 Å². The van der Waals surface area contributed by atoms with Gasteiger partial charge in [0, 0.05) is 5.92 Å². The molecule has 0 aliphatic rings. The van der Waals surface area contributed by atoms with Gasteiger partial charge in [0.2, 0.25) is 0 Å². The summed E-state index contributed by atoms with van der Waals surface area (Å²) >= 11 is 0. The Balaban J connectivity index is 1.62. The number of benzene rings is 6. The van der Waals surface area contributed by atoms with Crippen LogP contribution in [0.15, 0.2) is 182 Å². The summed E-state index contributed by atoms with van der Waals surface area (Å²) in [7, 11) is 0. The fourth-order valence-corrected chi connectivity index (χ4v) is 6.46. The van der Waals surface area contributed by atoms with Crippen LogP contribution in [-0.4, -0.2) is 0 Å². The normalized spacial score (nSPS) is 11.8. The third-order valence-electron chi connectivity index (χ3n) is 8.47. The Bertz CT molecular complexity index is 1780. The van der Waals surface area contributed by atoms with Crippen molar-refractivity contribution in [1.82, 2.24) is 0 Å². The lowest BCUT2D eigenvalue weighted by molar-refractivity contribution is 0.963. The number of hydrogen-bond donors (Lipinski definition) is 0. The summed E-state index contributed by atoms with van der Waals surface area (Å²) in [4.78, 5) is 0. The van der Waals surface area contributed by atoms with Gasteiger partial charge < -0.3 is 0 Å². The highest BCUT2D eigenvalue weighted by Crippen LogP contribution is 2.45. The lowest BCUT2D eigenvalue weighted by Gasteiger charge is -2.27. The van der Waals surface area contributed by atoms with Gasteiger partial charge in [0.25, 0.3) is 0 Å². The van der Waals surface area contributed by atoms with Crippen LogP contribution in [-0.2, 0) is 0 Å². The molecule has 0 aliphatic heterocycles. The highest BCUT2D eigenvalue weighted by Gasteiger charge is 2.25. The van der Waals surface area contributed by atoms with Gasteiger partial charge in [-0.25, -0.2) is 0 Å².